The molecule has 1 rings (SSSR count). The standard InChI is InChI=1S/C14H29NO/c1-11-4-6-14(7-5-11)10-15-9-12(2)8-13(3)16/h11-16H,4-10H2,1-3H3/t11?,12-,13-,14?/m1/s1. The molecule has 2 atom stereocenters. The van der Waals surface area contributed by atoms with Gasteiger partial charge >= 0.3 is 0 Å². The fraction of sp³-hybridized carbons (Fsp3) is 1.00. The van der Waals surface area contributed by atoms with Crippen LogP contribution < -0.4 is 5.32 Å². The van der Waals surface area contributed by atoms with E-state index in [2.05, 4.69) is 19.2 Å². The van der Waals surface area contributed by atoms with E-state index in [9.17, 15) is 5.11 Å². The SMILES string of the molecule is CC1CCC(CNC[C@H](C)C[C@@H](C)O)CC1. The van der Waals surface area contributed by atoms with E-state index in [1.807, 2.05) is 6.92 Å². The second-order valence-electron chi connectivity index (χ2n) is 5.97. The maximum Gasteiger partial charge on any atom is 0.0515 e. The van der Waals surface area contributed by atoms with Crippen molar-refractivity contribution in [2.24, 2.45) is 17.8 Å². The second kappa shape index (κ2) is 7.29. The molecule has 0 radical (unpaired) electrons. The van der Waals surface area contributed by atoms with Crippen LogP contribution in [0.1, 0.15) is 52.9 Å². The van der Waals surface area contributed by atoms with Crippen LogP contribution in [0.25, 0.3) is 0 Å². The molecule has 0 bridgehead atoms. The van der Waals surface area contributed by atoms with Gasteiger partial charge in [0.1, 0.15) is 0 Å². The maximum absolute atomic E-state index is 9.27. The predicted molar refractivity (Wildman–Crippen MR) is 69.5 cm³/mol. The normalized spacial score (nSPS) is 30.0. The van der Waals surface area contributed by atoms with Crippen LogP contribution in [0, 0.1) is 17.8 Å². The molecule has 2 N–H and O–H groups in total. The average Bonchev–Trinajstić information content (AvgIpc) is 2.20. The molecule has 0 amide bonds. The van der Waals surface area contributed by atoms with Gasteiger partial charge in [-0.25, -0.2) is 0 Å². The van der Waals surface area contributed by atoms with E-state index in [0.717, 1.165) is 24.8 Å². The summed E-state index contributed by atoms with van der Waals surface area (Å²) in [5.74, 6) is 2.43. The van der Waals surface area contributed by atoms with Crippen molar-refractivity contribution < 1.29 is 5.11 Å². The summed E-state index contributed by atoms with van der Waals surface area (Å²) < 4.78 is 0. The van der Waals surface area contributed by atoms with E-state index in [4.69, 9.17) is 0 Å². The predicted octanol–water partition coefficient (Wildman–Crippen LogP) is 2.81. The van der Waals surface area contributed by atoms with Crippen molar-refractivity contribution in [2.45, 2.75) is 59.0 Å². The van der Waals surface area contributed by atoms with Crippen LogP contribution in [0.3, 0.4) is 0 Å². The van der Waals surface area contributed by atoms with E-state index in [1.165, 1.54) is 32.2 Å². The van der Waals surface area contributed by atoms with Gasteiger partial charge in [0, 0.05) is 0 Å². The summed E-state index contributed by atoms with van der Waals surface area (Å²) >= 11 is 0. The van der Waals surface area contributed by atoms with Crippen LogP contribution in [0.2, 0.25) is 0 Å². The summed E-state index contributed by atoms with van der Waals surface area (Å²) in [6.07, 6.45) is 6.38. The molecule has 1 aliphatic carbocycles. The van der Waals surface area contributed by atoms with Gasteiger partial charge in [-0.15, -0.1) is 0 Å². The summed E-state index contributed by atoms with van der Waals surface area (Å²) in [4.78, 5) is 0. The highest BCUT2D eigenvalue weighted by Gasteiger charge is 2.17. The van der Waals surface area contributed by atoms with Crippen molar-refractivity contribution in [3.05, 3.63) is 0 Å². The molecular weight excluding hydrogens is 198 g/mol. The van der Waals surface area contributed by atoms with Gasteiger partial charge in [0.05, 0.1) is 6.10 Å². The van der Waals surface area contributed by atoms with Crippen molar-refractivity contribution in [3.8, 4) is 0 Å². The first kappa shape index (κ1) is 14.0. The molecule has 0 spiro atoms. The molecule has 96 valence electrons. The fourth-order valence-electron chi connectivity index (χ4n) is 2.73. The third-order valence-electron chi connectivity index (χ3n) is 3.80. The van der Waals surface area contributed by atoms with E-state index < -0.39 is 0 Å². The number of aliphatic hydroxyl groups excluding tert-OH is 1. The van der Waals surface area contributed by atoms with Crippen LogP contribution >= 0.6 is 0 Å². The minimum atomic E-state index is -0.160. The maximum atomic E-state index is 9.27. The fourth-order valence-corrected chi connectivity index (χ4v) is 2.73. The van der Waals surface area contributed by atoms with Gasteiger partial charge in [-0.05, 0) is 57.0 Å². The third kappa shape index (κ3) is 5.86. The van der Waals surface area contributed by atoms with Crippen LogP contribution in [-0.4, -0.2) is 24.3 Å². The molecule has 16 heavy (non-hydrogen) atoms. The smallest absolute Gasteiger partial charge is 0.0515 e. The summed E-state index contributed by atoms with van der Waals surface area (Å²) in [6, 6.07) is 0. The highest BCUT2D eigenvalue weighted by molar-refractivity contribution is 4.72. The van der Waals surface area contributed by atoms with Gasteiger partial charge < -0.3 is 10.4 Å². The molecule has 1 saturated carbocycles. The Bertz CT molecular complexity index is 174. The first-order valence-corrected chi connectivity index (χ1v) is 6.96. The minimum absolute atomic E-state index is 0.160. The number of rotatable bonds is 6. The van der Waals surface area contributed by atoms with E-state index >= 15 is 0 Å². The number of aliphatic hydroxyl groups is 1. The van der Waals surface area contributed by atoms with Gasteiger partial charge in [0.2, 0.25) is 0 Å². The van der Waals surface area contributed by atoms with Crippen LogP contribution in [-0.2, 0) is 0 Å². The first-order valence-electron chi connectivity index (χ1n) is 6.96. The lowest BCUT2D eigenvalue weighted by Gasteiger charge is -2.26. The molecule has 0 aromatic rings. The molecule has 0 aliphatic heterocycles. The second-order valence-corrected chi connectivity index (χ2v) is 5.97. The lowest BCUT2D eigenvalue weighted by molar-refractivity contribution is 0.162. The molecule has 2 nitrogen and oxygen atoms in total. The molecule has 0 heterocycles. The Morgan fingerprint density at radius 3 is 2.38 bits per heavy atom. The lowest BCUT2D eigenvalue weighted by Crippen LogP contribution is -2.30. The van der Waals surface area contributed by atoms with E-state index in [-0.39, 0.29) is 6.10 Å². The van der Waals surface area contributed by atoms with E-state index in [1.54, 1.807) is 0 Å². The molecular formula is C14H29NO. The quantitative estimate of drug-likeness (QED) is 0.731. The zero-order chi connectivity index (χ0) is 12.0. The van der Waals surface area contributed by atoms with Crippen LogP contribution in [0.5, 0.6) is 0 Å². The van der Waals surface area contributed by atoms with Gasteiger partial charge in [0.15, 0.2) is 0 Å². The Labute approximate surface area is 101 Å². The zero-order valence-corrected chi connectivity index (χ0v) is 11.2. The minimum Gasteiger partial charge on any atom is -0.393 e. The molecule has 2 heteroatoms. The molecule has 1 aliphatic rings. The summed E-state index contributed by atoms with van der Waals surface area (Å²) in [5.41, 5.74) is 0. The summed E-state index contributed by atoms with van der Waals surface area (Å²) in [5, 5.41) is 12.8. The summed E-state index contributed by atoms with van der Waals surface area (Å²) in [6.45, 7) is 8.68. The van der Waals surface area contributed by atoms with Crippen LogP contribution in [0.4, 0.5) is 0 Å². The van der Waals surface area contributed by atoms with Gasteiger partial charge in [-0.2, -0.15) is 0 Å². The molecule has 0 unspecified atom stereocenters. The topological polar surface area (TPSA) is 32.3 Å². The lowest BCUT2D eigenvalue weighted by atomic mass is 9.83. The van der Waals surface area contributed by atoms with Crippen LogP contribution in [0.15, 0.2) is 0 Å². The first-order chi connectivity index (χ1) is 7.58. The Hall–Kier alpha value is -0.0800. The Balaban J connectivity index is 2.02. The molecule has 0 saturated heterocycles. The highest BCUT2D eigenvalue weighted by atomic mass is 16.3. The van der Waals surface area contributed by atoms with E-state index in [0.29, 0.717) is 5.92 Å². The third-order valence-corrected chi connectivity index (χ3v) is 3.80. The summed E-state index contributed by atoms with van der Waals surface area (Å²) in [7, 11) is 0. The number of nitrogens with one attached hydrogen (secondary N) is 1. The highest BCUT2D eigenvalue weighted by Crippen LogP contribution is 2.27. The molecule has 1 fully saturated rings. The van der Waals surface area contributed by atoms with Crippen molar-refractivity contribution >= 4 is 0 Å². The van der Waals surface area contributed by atoms with Gasteiger partial charge in [0.25, 0.3) is 0 Å². The van der Waals surface area contributed by atoms with Crippen molar-refractivity contribution in [1.82, 2.24) is 5.32 Å². The number of hydrogen-bond acceptors (Lipinski definition) is 2. The van der Waals surface area contributed by atoms with Crippen molar-refractivity contribution in [1.29, 1.82) is 0 Å². The van der Waals surface area contributed by atoms with Crippen molar-refractivity contribution in [2.75, 3.05) is 13.1 Å². The van der Waals surface area contributed by atoms with Gasteiger partial charge in [-0.1, -0.05) is 26.7 Å². The Kier molecular flexibility index (Phi) is 6.37. The average molecular weight is 227 g/mol. The number of hydrogen-bond donors (Lipinski definition) is 2. The van der Waals surface area contributed by atoms with Gasteiger partial charge in [-0.3, -0.25) is 0 Å². The monoisotopic (exact) mass is 227 g/mol. The Morgan fingerprint density at radius 2 is 1.81 bits per heavy atom. The zero-order valence-electron chi connectivity index (χ0n) is 11.2. The molecule has 0 aromatic carbocycles. The molecule has 0 aromatic heterocycles. The van der Waals surface area contributed by atoms with Crippen molar-refractivity contribution in [3.63, 3.8) is 0 Å². The Morgan fingerprint density at radius 1 is 1.19 bits per heavy atom. The largest absolute Gasteiger partial charge is 0.393 e.